The zero-order valence-corrected chi connectivity index (χ0v) is 8.52. The average molecular weight is 374 g/mol. The van der Waals surface area contributed by atoms with E-state index >= 15 is 0 Å². The molecule has 0 atom stereocenters. The number of hydrogen-bond donors (Lipinski definition) is 0. The molecule has 4 nitrogen and oxygen atoms in total. The van der Waals surface area contributed by atoms with E-state index in [1.165, 1.54) is 0 Å². The predicted molar refractivity (Wildman–Crippen MR) is 16.1 cm³/mol. The first-order valence-corrected chi connectivity index (χ1v) is 0.548. The van der Waals surface area contributed by atoms with Gasteiger partial charge in [-0.2, -0.15) is 0 Å². The molecule has 0 aliphatic carbocycles. The maximum absolute atomic E-state index is 8.25. The average Bonchev–Trinajstić information content (AvgIpc) is 0.811. The van der Waals surface area contributed by atoms with Gasteiger partial charge in [-0.25, -0.2) is 0 Å². The van der Waals surface area contributed by atoms with E-state index in [9.17, 15) is 0 Å². The summed E-state index contributed by atoms with van der Waals surface area (Å²) < 4.78 is 0. The van der Waals surface area contributed by atoms with Crippen LogP contribution in [0.1, 0.15) is 0 Å². The van der Waals surface area contributed by atoms with Gasteiger partial charge in [0.1, 0.15) is 0 Å². The van der Waals surface area contributed by atoms with Gasteiger partial charge in [-0.3, -0.25) is 0 Å². The Kier molecular flexibility index (Phi) is 24.5. The molecule has 6 heteroatoms. The van der Waals surface area contributed by atoms with Crippen LogP contribution in [-0.2, 0) is 22.4 Å². The van der Waals surface area contributed by atoms with Crippen LogP contribution in [0, 0.1) is 15.3 Å². The maximum Gasteiger partial charge on any atom is 1.00 e. The topological polar surface area (TPSA) is 66.2 Å². The normalized spacial score (nSPS) is 4.00. The quantitative estimate of drug-likeness (QED) is 0.323. The number of nitrogens with zero attached hydrogens (tertiary/aromatic N) is 1. The summed E-state index contributed by atoms with van der Waals surface area (Å²) in [4.78, 5) is 8.25. The summed E-state index contributed by atoms with van der Waals surface area (Å²) in [6.45, 7) is 0. The zero-order chi connectivity index (χ0) is 3.58. The Morgan fingerprint density at radius 1 is 1.33 bits per heavy atom. The van der Waals surface area contributed by atoms with Crippen LogP contribution in [0.4, 0.5) is 0 Å². The first-order chi connectivity index (χ1) is 1.73. The Morgan fingerprint density at radius 3 is 1.33 bits per heavy atom. The molecule has 0 unspecified atom stereocenters. The van der Waals surface area contributed by atoms with Crippen molar-refractivity contribution in [2.24, 2.45) is 0 Å². The largest absolute Gasteiger partial charge is 1.00 e. The molecule has 0 rings (SSSR count). The monoisotopic (exact) mass is 374 g/mol. The third-order valence-electron chi connectivity index (χ3n) is 0. The van der Waals surface area contributed by atoms with Crippen LogP contribution >= 0.6 is 0 Å². The fourth-order valence-electron chi connectivity index (χ4n) is 0. The number of hydrogen-bond acceptors (Lipinski definition) is 3. The van der Waals surface area contributed by atoms with E-state index in [-0.39, 0.29) is 49.7 Å². The van der Waals surface area contributed by atoms with Gasteiger partial charge in [-0.05, 0) is 0 Å². The summed E-state index contributed by atoms with van der Waals surface area (Å²) in [6, 6.07) is 0. The smallest absolute Gasteiger partial charge is 0.356 e. The molecule has 0 saturated carbocycles. The van der Waals surface area contributed by atoms with Crippen LogP contribution in [0.3, 0.4) is 0 Å². The SMILES string of the molecule is O=[N+]([O-])[O-].[Ag].[Tl+]. The van der Waals surface area contributed by atoms with E-state index in [1.807, 2.05) is 0 Å². The Morgan fingerprint density at radius 2 is 1.33 bits per heavy atom. The van der Waals surface area contributed by atoms with Crippen molar-refractivity contribution < 1.29 is 27.5 Å². The van der Waals surface area contributed by atoms with E-state index in [0.29, 0.717) is 0 Å². The van der Waals surface area contributed by atoms with E-state index in [1.54, 1.807) is 0 Å². The number of rotatable bonds is 0. The zero-order valence-electron chi connectivity index (χ0n) is 2.55. The summed E-state index contributed by atoms with van der Waals surface area (Å²) in [6.07, 6.45) is 0. The first kappa shape index (κ1) is 15.8. The van der Waals surface area contributed by atoms with Gasteiger partial charge in [0, 0.05) is 22.4 Å². The summed E-state index contributed by atoms with van der Waals surface area (Å²) in [5.41, 5.74) is 0. The Labute approximate surface area is 69.7 Å². The van der Waals surface area contributed by atoms with Crippen LogP contribution in [-0.4, -0.2) is 32.4 Å². The molecule has 0 amide bonds. The molecule has 0 aromatic rings. The van der Waals surface area contributed by atoms with Gasteiger partial charge in [0.2, 0.25) is 0 Å². The molecule has 6 heavy (non-hydrogen) atoms. The van der Waals surface area contributed by atoms with Gasteiger partial charge in [-0.15, -0.1) is 0 Å². The standard InChI is InChI=1S/Ag.NO3.Tl/c;2-1(3)4;/q;-1;+1. The predicted octanol–water partition coefficient (Wildman–Crippen LogP) is -0.622. The van der Waals surface area contributed by atoms with Gasteiger partial charge in [-0.1, -0.05) is 0 Å². The van der Waals surface area contributed by atoms with Crippen molar-refractivity contribution in [3.63, 3.8) is 0 Å². The van der Waals surface area contributed by atoms with Crippen molar-refractivity contribution >= 4 is 27.3 Å². The van der Waals surface area contributed by atoms with Crippen LogP contribution in [0.5, 0.6) is 0 Å². The molecule has 0 aliphatic rings. The molecule has 0 spiro atoms. The molecular formula is AgNO3Tl. The van der Waals surface area contributed by atoms with Crippen molar-refractivity contribution in [1.82, 2.24) is 0 Å². The van der Waals surface area contributed by atoms with E-state index in [2.05, 4.69) is 0 Å². The van der Waals surface area contributed by atoms with Gasteiger partial charge in [0.15, 0.2) is 0 Å². The second-order valence-corrected chi connectivity index (χ2v) is 0.224. The van der Waals surface area contributed by atoms with Gasteiger partial charge < -0.3 is 15.3 Å². The molecule has 1 radical (unpaired) electrons. The fraction of sp³-hybridized carbons (Fsp3) is 0. The summed E-state index contributed by atoms with van der Waals surface area (Å²) in [7, 11) is 0. The molecule has 37 valence electrons. The summed E-state index contributed by atoms with van der Waals surface area (Å²) in [5.74, 6) is 0. The molecule has 0 heterocycles. The molecule has 0 aromatic carbocycles. The Bertz CT molecular complexity index is 33.8. The van der Waals surface area contributed by atoms with Gasteiger partial charge >= 0.3 is 27.3 Å². The summed E-state index contributed by atoms with van der Waals surface area (Å²) >= 11 is 0. The van der Waals surface area contributed by atoms with Crippen molar-refractivity contribution in [1.29, 1.82) is 0 Å². The molecule has 0 N–H and O–H groups in total. The molecular weight excluding hydrogens is 374 g/mol. The molecule has 0 fully saturated rings. The molecule has 0 bridgehead atoms. The van der Waals surface area contributed by atoms with E-state index < -0.39 is 5.09 Å². The van der Waals surface area contributed by atoms with Crippen LogP contribution in [0.2, 0.25) is 0 Å². The van der Waals surface area contributed by atoms with E-state index in [0.717, 1.165) is 0 Å². The third kappa shape index (κ3) is 97.5. The van der Waals surface area contributed by atoms with Crippen molar-refractivity contribution in [2.75, 3.05) is 0 Å². The second kappa shape index (κ2) is 9.29. The summed E-state index contributed by atoms with van der Waals surface area (Å²) in [5, 5.41) is 14.8. The minimum Gasteiger partial charge on any atom is -0.356 e. The van der Waals surface area contributed by atoms with Crippen LogP contribution in [0.15, 0.2) is 0 Å². The van der Waals surface area contributed by atoms with Crippen molar-refractivity contribution in [2.45, 2.75) is 0 Å². The van der Waals surface area contributed by atoms with Crippen LogP contribution in [0.25, 0.3) is 0 Å². The maximum atomic E-state index is 8.25. The van der Waals surface area contributed by atoms with Gasteiger partial charge in [0.25, 0.3) is 0 Å². The molecule has 0 aliphatic heterocycles. The van der Waals surface area contributed by atoms with Crippen molar-refractivity contribution in [3.05, 3.63) is 15.3 Å². The fourth-order valence-corrected chi connectivity index (χ4v) is 0. The Balaban J connectivity index is -0.0000000450. The molecule has 0 aromatic heterocycles. The minimum atomic E-state index is -1.75. The first-order valence-electron chi connectivity index (χ1n) is 0.548. The van der Waals surface area contributed by atoms with Crippen molar-refractivity contribution in [3.8, 4) is 0 Å². The van der Waals surface area contributed by atoms with Crippen LogP contribution < -0.4 is 0 Å². The second-order valence-electron chi connectivity index (χ2n) is 0.224. The molecule has 0 saturated heterocycles. The Hall–Kier alpha value is 0.862. The van der Waals surface area contributed by atoms with Gasteiger partial charge in [0.05, 0.1) is 5.09 Å². The third-order valence-corrected chi connectivity index (χ3v) is 0. The minimum absolute atomic E-state index is 0. The van der Waals surface area contributed by atoms with E-state index in [4.69, 9.17) is 15.3 Å².